The highest BCUT2D eigenvalue weighted by atomic mass is 35.5. The van der Waals surface area contributed by atoms with Crippen LogP contribution in [0, 0.1) is 13.8 Å². The Hall–Kier alpha value is -2.53. The van der Waals surface area contributed by atoms with Gasteiger partial charge in [0.15, 0.2) is 5.69 Å². The van der Waals surface area contributed by atoms with Gasteiger partial charge < -0.3 is 30.3 Å². The maximum Gasteiger partial charge on any atom is 0.282 e. The average Bonchev–Trinajstić information content (AvgIpc) is 2.82. The monoisotopic (exact) mass is 523 g/mol. The van der Waals surface area contributed by atoms with Crippen molar-refractivity contribution < 1.29 is 25.2 Å². The molecule has 0 fully saturated rings. The van der Waals surface area contributed by atoms with Gasteiger partial charge in [0, 0.05) is 16.6 Å². The number of amides is 1. The fraction of sp³-hybridized carbons (Fsp3) is 0.375. The molecule has 11 heteroatoms. The molecule has 1 amide bonds. The van der Waals surface area contributed by atoms with E-state index in [1.165, 1.54) is 0 Å². The van der Waals surface area contributed by atoms with Gasteiger partial charge in [0.2, 0.25) is 0 Å². The number of fused-ring (bicyclic) bond motifs is 1. The number of carbonyl (C=O) groups excluding carboxylic acids is 1. The summed E-state index contributed by atoms with van der Waals surface area (Å²) in [6.07, 6.45) is -4.50. The van der Waals surface area contributed by atoms with Crippen molar-refractivity contribution in [2.45, 2.75) is 45.1 Å². The van der Waals surface area contributed by atoms with Crippen LogP contribution in [-0.2, 0) is 13.0 Å². The zero-order chi connectivity index (χ0) is 25.9. The summed E-state index contributed by atoms with van der Waals surface area (Å²) in [5, 5.41) is 42.8. The van der Waals surface area contributed by atoms with Crippen molar-refractivity contribution in [2.75, 3.05) is 13.2 Å². The molecule has 0 spiro atoms. The molecule has 0 aliphatic carbocycles. The molecule has 0 saturated heterocycles. The Labute approximate surface area is 211 Å². The molecule has 3 atom stereocenters. The second-order valence-corrected chi connectivity index (χ2v) is 9.19. The zero-order valence-electron chi connectivity index (χ0n) is 19.2. The van der Waals surface area contributed by atoms with E-state index >= 15 is 0 Å². The molecule has 0 radical (unpaired) electrons. The molecule has 3 rings (SSSR count). The minimum absolute atomic E-state index is 0.177. The third kappa shape index (κ3) is 6.19. The molecule has 3 aromatic rings. The number of hydrogen-bond acceptors (Lipinski definition) is 7. The van der Waals surface area contributed by atoms with Crippen LogP contribution in [0.15, 0.2) is 35.1 Å². The number of benzene rings is 2. The quantitative estimate of drug-likeness (QED) is 0.284. The van der Waals surface area contributed by atoms with Crippen molar-refractivity contribution in [3.05, 3.63) is 73.1 Å². The number of rotatable bonds is 9. The van der Waals surface area contributed by atoms with Crippen molar-refractivity contribution in [2.24, 2.45) is 0 Å². The van der Waals surface area contributed by atoms with Crippen molar-refractivity contribution in [3.8, 4) is 0 Å². The molecule has 5 N–H and O–H groups in total. The maximum atomic E-state index is 13.2. The van der Waals surface area contributed by atoms with Gasteiger partial charge in [-0.3, -0.25) is 9.59 Å². The minimum atomic E-state index is -1.71. The van der Waals surface area contributed by atoms with E-state index in [2.05, 4.69) is 10.3 Å². The lowest BCUT2D eigenvalue weighted by Crippen LogP contribution is -2.44. The molecular weight excluding hydrogens is 497 g/mol. The number of aryl methyl sites for hydroxylation is 2. The van der Waals surface area contributed by atoms with Crippen molar-refractivity contribution >= 4 is 40.1 Å². The largest absolute Gasteiger partial charge is 0.394 e. The molecule has 0 saturated carbocycles. The van der Waals surface area contributed by atoms with Crippen molar-refractivity contribution in [3.63, 3.8) is 0 Å². The fourth-order valence-corrected chi connectivity index (χ4v) is 4.11. The Bertz CT molecular complexity index is 1300. The predicted octanol–water partition coefficient (Wildman–Crippen LogP) is 1.37. The molecule has 0 aliphatic rings. The van der Waals surface area contributed by atoms with Crippen molar-refractivity contribution in [1.82, 2.24) is 14.9 Å². The first-order valence-electron chi connectivity index (χ1n) is 10.9. The van der Waals surface area contributed by atoms with Crippen LogP contribution in [0.3, 0.4) is 0 Å². The smallest absolute Gasteiger partial charge is 0.282 e. The summed E-state index contributed by atoms with van der Waals surface area (Å²) < 4.78 is 1.14. The van der Waals surface area contributed by atoms with E-state index in [9.17, 15) is 24.9 Å². The van der Waals surface area contributed by atoms with Crippen LogP contribution in [0.5, 0.6) is 0 Å². The molecule has 1 aromatic heterocycles. The van der Waals surface area contributed by atoms with Gasteiger partial charge in [0.25, 0.3) is 11.5 Å². The Morgan fingerprint density at radius 3 is 2.43 bits per heavy atom. The molecule has 3 unspecified atom stereocenters. The summed E-state index contributed by atoms with van der Waals surface area (Å²) in [6.45, 7) is 2.67. The van der Waals surface area contributed by atoms with Gasteiger partial charge in [-0.1, -0.05) is 29.3 Å². The summed E-state index contributed by atoms with van der Waals surface area (Å²) in [5.74, 6) is -0.709. The highest BCUT2D eigenvalue weighted by molar-refractivity contribution is 6.35. The Morgan fingerprint density at radius 2 is 1.77 bits per heavy atom. The summed E-state index contributed by atoms with van der Waals surface area (Å²) in [4.78, 5) is 30.4. The Morgan fingerprint density at radius 1 is 1.09 bits per heavy atom. The summed E-state index contributed by atoms with van der Waals surface area (Å²) in [7, 11) is 0. The number of nitrogens with zero attached hydrogens (tertiary/aromatic N) is 2. The van der Waals surface area contributed by atoms with Gasteiger partial charge in [0.05, 0.1) is 24.2 Å². The fourth-order valence-electron chi connectivity index (χ4n) is 3.60. The highest BCUT2D eigenvalue weighted by Gasteiger charge is 2.27. The number of carbonyl (C=O) groups is 1. The number of aliphatic hydroxyl groups excluding tert-OH is 4. The van der Waals surface area contributed by atoms with Gasteiger partial charge in [0.1, 0.15) is 18.3 Å². The van der Waals surface area contributed by atoms with E-state index < -0.39 is 42.9 Å². The lowest BCUT2D eigenvalue weighted by molar-refractivity contribution is -0.0805. The van der Waals surface area contributed by atoms with Crippen LogP contribution >= 0.6 is 23.2 Å². The highest BCUT2D eigenvalue weighted by Crippen LogP contribution is 2.21. The summed E-state index contributed by atoms with van der Waals surface area (Å²) in [6, 6.07) is 8.45. The number of halogens is 2. The minimum Gasteiger partial charge on any atom is -0.394 e. The van der Waals surface area contributed by atoms with Gasteiger partial charge in [-0.15, -0.1) is 0 Å². The van der Waals surface area contributed by atoms with Crippen LogP contribution < -0.4 is 10.9 Å². The third-order valence-electron chi connectivity index (χ3n) is 5.82. The first kappa shape index (κ1) is 27.1. The van der Waals surface area contributed by atoms with E-state index in [1.807, 2.05) is 13.8 Å². The SMILES string of the molecule is Cc1cc2nc(C(=O)NCCc3ccc(Cl)cc3Cl)c(=O)n(CC(O)C(O)C(O)CO)c2cc1C. The molecule has 35 heavy (non-hydrogen) atoms. The molecular formula is C24H27Cl2N3O6. The van der Waals surface area contributed by atoms with Gasteiger partial charge in [-0.05, 0) is 61.2 Å². The first-order valence-corrected chi connectivity index (χ1v) is 11.7. The van der Waals surface area contributed by atoms with E-state index in [0.717, 1.165) is 21.3 Å². The number of nitrogens with one attached hydrogen (secondary N) is 1. The van der Waals surface area contributed by atoms with Crippen LogP contribution in [0.25, 0.3) is 11.0 Å². The van der Waals surface area contributed by atoms with Gasteiger partial charge in [-0.2, -0.15) is 0 Å². The van der Waals surface area contributed by atoms with E-state index in [0.29, 0.717) is 27.5 Å². The topological polar surface area (TPSA) is 145 Å². The standard InChI is InChI=1S/C24H27Cl2N3O6/c1-12-7-17-18(8-13(12)2)29(10-19(31)22(33)20(32)11-30)24(35)21(28-17)23(34)27-6-5-14-3-4-15(25)9-16(14)26/h3-4,7-9,19-20,22,30-33H,5-6,10-11H2,1-2H3,(H,27,34). The average molecular weight is 524 g/mol. The van der Waals surface area contributed by atoms with Crippen molar-refractivity contribution in [1.29, 1.82) is 0 Å². The summed E-state index contributed by atoms with van der Waals surface area (Å²) >= 11 is 12.1. The molecule has 1 heterocycles. The molecule has 2 aromatic carbocycles. The predicted molar refractivity (Wildman–Crippen MR) is 133 cm³/mol. The lowest BCUT2D eigenvalue weighted by Gasteiger charge is -2.23. The Balaban J connectivity index is 1.93. The van der Waals surface area contributed by atoms with Gasteiger partial charge in [-0.25, -0.2) is 4.98 Å². The van der Waals surface area contributed by atoms with Crippen LogP contribution in [0.1, 0.15) is 27.2 Å². The van der Waals surface area contributed by atoms with Crippen LogP contribution in [-0.4, -0.2) is 67.3 Å². The lowest BCUT2D eigenvalue weighted by atomic mass is 10.1. The van der Waals surface area contributed by atoms with Gasteiger partial charge >= 0.3 is 0 Å². The number of aromatic nitrogens is 2. The molecule has 0 aliphatic heterocycles. The Kier molecular flexibility index (Phi) is 8.87. The summed E-state index contributed by atoms with van der Waals surface area (Å²) in [5.41, 5.74) is 2.06. The number of aliphatic hydroxyl groups is 4. The molecule has 188 valence electrons. The second kappa shape index (κ2) is 11.5. The first-order chi connectivity index (χ1) is 16.5. The van der Waals surface area contributed by atoms with E-state index in [-0.39, 0.29) is 12.2 Å². The molecule has 9 nitrogen and oxygen atoms in total. The third-order valence-corrected chi connectivity index (χ3v) is 6.40. The zero-order valence-corrected chi connectivity index (χ0v) is 20.7. The molecule has 0 bridgehead atoms. The second-order valence-electron chi connectivity index (χ2n) is 8.35. The van der Waals surface area contributed by atoms with Crippen LogP contribution in [0.4, 0.5) is 0 Å². The van der Waals surface area contributed by atoms with E-state index in [1.54, 1.807) is 30.3 Å². The van der Waals surface area contributed by atoms with E-state index in [4.69, 9.17) is 28.3 Å². The normalized spacial score (nSPS) is 14.1. The van der Waals surface area contributed by atoms with Crippen LogP contribution in [0.2, 0.25) is 10.0 Å². The maximum absolute atomic E-state index is 13.2. The number of hydrogen-bond donors (Lipinski definition) is 5.